The minimum absolute atomic E-state index is 0.368. The van der Waals surface area contributed by atoms with Crippen LogP contribution in [0.3, 0.4) is 0 Å². The van der Waals surface area contributed by atoms with E-state index >= 15 is 0 Å². The van der Waals surface area contributed by atoms with E-state index in [-0.39, 0.29) is 0 Å². The largest absolute Gasteiger partial charge is 0.320 e. The lowest BCUT2D eigenvalue weighted by Crippen LogP contribution is -2.20. The normalized spacial score (nSPS) is 10.6. The van der Waals surface area contributed by atoms with E-state index in [0.717, 1.165) is 25.6 Å². The van der Waals surface area contributed by atoms with Crippen molar-refractivity contribution in [2.75, 3.05) is 20.1 Å². The monoisotopic (exact) mass is 214 g/mol. The van der Waals surface area contributed by atoms with Crippen molar-refractivity contribution in [2.24, 2.45) is 0 Å². The van der Waals surface area contributed by atoms with E-state index in [9.17, 15) is 8.78 Å². The minimum atomic E-state index is -0.787. The summed E-state index contributed by atoms with van der Waals surface area (Å²) in [6.45, 7) is 2.07. The SMILES string of the molecule is CNCCCNCc1cccc(F)c1F. The Bertz CT molecular complexity index is 303. The molecule has 1 aromatic carbocycles. The van der Waals surface area contributed by atoms with Gasteiger partial charge in [-0.25, -0.2) is 8.78 Å². The third-order valence-corrected chi connectivity index (χ3v) is 2.13. The molecule has 0 aliphatic heterocycles. The van der Waals surface area contributed by atoms with Crippen LogP contribution in [0.15, 0.2) is 18.2 Å². The summed E-state index contributed by atoms with van der Waals surface area (Å²) in [5.74, 6) is -1.54. The van der Waals surface area contributed by atoms with Crippen molar-refractivity contribution in [3.8, 4) is 0 Å². The molecule has 0 spiro atoms. The second-order valence-electron chi connectivity index (χ2n) is 3.35. The molecule has 0 aromatic heterocycles. The van der Waals surface area contributed by atoms with Gasteiger partial charge in [0.2, 0.25) is 0 Å². The second-order valence-corrected chi connectivity index (χ2v) is 3.35. The zero-order valence-corrected chi connectivity index (χ0v) is 8.82. The third-order valence-electron chi connectivity index (χ3n) is 2.13. The summed E-state index contributed by atoms with van der Waals surface area (Å²) in [6.07, 6.45) is 0.966. The molecule has 4 heteroatoms. The van der Waals surface area contributed by atoms with Crippen LogP contribution in [0.5, 0.6) is 0 Å². The summed E-state index contributed by atoms with van der Waals surface area (Å²) >= 11 is 0. The smallest absolute Gasteiger partial charge is 0.163 e. The van der Waals surface area contributed by atoms with E-state index in [1.54, 1.807) is 6.07 Å². The van der Waals surface area contributed by atoms with Gasteiger partial charge in [0.05, 0.1) is 0 Å². The molecule has 0 fully saturated rings. The maximum absolute atomic E-state index is 13.1. The molecule has 0 saturated heterocycles. The summed E-state index contributed by atoms with van der Waals surface area (Å²) in [5.41, 5.74) is 0.374. The lowest BCUT2D eigenvalue weighted by molar-refractivity contribution is 0.492. The van der Waals surface area contributed by atoms with Gasteiger partial charge < -0.3 is 10.6 Å². The fraction of sp³-hybridized carbons (Fsp3) is 0.455. The van der Waals surface area contributed by atoms with Crippen molar-refractivity contribution in [3.63, 3.8) is 0 Å². The molecule has 0 radical (unpaired) electrons. The Labute approximate surface area is 88.7 Å². The molecule has 2 nitrogen and oxygen atoms in total. The average Bonchev–Trinajstić information content (AvgIpc) is 2.24. The van der Waals surface area contributed by atoms with Crippen LogP contribution in [0.1, 0.15) is 12.0 Å². The second kappa shape index (κ2) is 6.48. The highest BCUT2D eigenvalue weighted by Gasteiger charge is 2.05. The van der Waals surface area contributed by atoms with Gasteiger partial charge >= 0.3 is 0 Å². The summed E-state index contributed by atoms with van der Waals surface area (Å²) in [4.78, 5) is 0. The van der Waals surface area contributed by atoms with Gasteiger partial charge in [-0.05, 0) is 32.6 Å². The van der Waals surface area contributed by atoms with Gasteiger partial charge in [-0.3, -0.25) is 0 Å². The number of hydrogen-bond acceptors (Lipinski definition) is 2. The van der Waals surface area contributed by atoms with Crippen molar-refractivity contribution >= 4 is 0 Å². The van der Waals surface area contributed by atoms with Crippen molar-refractivity contribution < 1.29 is 8.78 Å². The van der Waals surface area contributed by atoms with E-state index in [2.05, 4.69) is 10.6 Å². The number of benzene rings is 1. The number of rotatable bonds is 6. The topological polar surface area (TPSA) is 24.1 Å². The fourth-order valence-electron chi connectivity index (χ4n) is 1.30. The van der Waals surface area contributed by atoms with E-state index < -0.39 is 11.6 Å². The van der Waals surface area contributed by atoms with Crippen molar-refractivity contribution in [2.45, 2.75) is 13.0 Å². The zero-order valence-electron chi connectivity index (χ0n) is 8.82. The number of halogens is 2. The van der Waals surface area contributed by atoms with Crippen LogP contribution in [0.25, 0.3) is 0 Å². The molecule has 0 aliphatic rings. The first kappa shape index (κ1) is 12.1. The molecule has 0 atom stereocenters. The molecule has 0 aliphatic carbocycles. The van der Waals surface area contributed by atoms with E-state index in [0.29, 0.717) is 12.1 Å². The summed E-state index contributed by atoms with van der Waals surface area (Å²) in [7, 11) is 1.88. The highest BCUT2D eigenvalue weighted by atomic mass is 19.2. The first-order valence-electron chi connectivity index (χ1n) is 5.04. The molecule has 0 heterocycles. The Morgan fingerprint density at radius 1 is 1.20 bits per heavy atom. The lowest BCUT2D eigenvalue weighted by Gasteiger charge is -2.06. The Balaban J connectivity index is 2.34. The van der Waals surface area contributed by atoms with Crippen molar-refractivity contribution in [3.05, 3.63) is 35.4 Å². The molecule has 0 saturated carbocycles. The van der Waals surface area contributed by atoms with Gasteiger partial charge in [-0.2, -0.15) is 0 Å². The van der Waals surface area contributed by atoms with E-state index in [1.165, 1.54) is 6.07 Å². The Kier molecular flexibility index (Phi) is 5.21. The van der Waals surface area contributed by atoms with Crippen LogP contribution in [0.4, 0.5) is 8.78 Å². The van der Waals surface area contributed by atoms with Gasteiger partial charge in [-0.15, -0.1) is 0 Å². The van der Waals surface area contributed by atoms with Crippen LogP contribution in [0, 0.1) is 11.6 Å². The molecule has 0 unspecified atom stereocenters. The number of nitrogens with one attached hydrogen (secondary N) is 2. The number of hydrogen-bond donors (Lipinski definition) is 2. The summed E-state index contributed by atoms with van der Waals surface area (Å²) < 4.78 is 25.9. The Morgan fingerprint density at radius 2 is 2.00 bits per heavy atom. The van der Waals surface area contributed by atoms with Gasteiger partial charge in [-0.1, -0.05) is 12.1 Å². The highest BCUT2D eigenvalue weighted by Crippen LogP contribution is 2.10. The van der Waals surface area contributed by atoms with Gasteiger partial charge in [0.15, 0.2) is 11.6 Å². The van der Waals surface area contributed by atoms with Crippen LogP contribution < -0.4 is 10.6 Å². The highest BCUT2D eigenvalue weighted by molar-refractivity contribution is 5.18. The van der Waals surface area contributed by atoms with Crippen LogP contribution in [0.2, 0.25) is 0 Å². The Hall–Kier alpha value is -1.00. The fourth-order valence-corrected chi connectivity index (χ4v) is 1.30. The average molecular weight is 214 g/mol. The van der Waals surface area contributed by atoms with E-state index in [4.69, 9.17) is 0 Å². The molecule has 0 bridgehead atoms. The van der Waals surface area contributed by atoms with Crippen LogP contribution in [-0.2, 0) is 6.54 Å². The molecule has 0 amide bonds. The minimum Gasteiger partial charge on any atom is -0.320 e. The molecular formula is C11H16F2N2. The lowest BCUT2D eigenvalue weighted by atomic mass is 10.2. The van der Waals surface area contributed by atoms with Gasteiger partial charge in [0.25, 0.3) is 0 Å². The molecular weight excluding hydrogens is 198 g/mol. The third kappa shape index (κ3) is 3.93. The van der Waals surface area contributed by atoms with Gasteiger partial charge in [0, 0.05) is 12.1 Å². The molecule has 1 rings (SSSR count). The predicted molar refractivity (Wildman–Crippen MR) is 56.6 cm³/mol. The van der Waals surface area contributed by atoms with E-state index in [1.807, 2.05) is 7.05 Å². The Morgan fingerprint density at radius 3 is 2.73 bits per heavy atom. The molecule has 2 N–H and O–H groups in total. The maximum Gasteiger partial charge on any atom is 0.163 e. The molecule has 84 valence electrons. The maximum atomic E-state index is 13.1. The standard InChI is InChI=1S/C11H16F2N2/c1-14-6-3-7-15-8-9-4-2-5-10(12)11(9)13/h2,4-5,14-15H,3,6-8H2,1H3. The molecule has 15 heavy (non-hydrogen) atoms. The first-order valence-corrected chi connectivity index (χ1v) is 5.04. The molecule has 1 aromatic rings. The summed E-state index contributed by atoms with van der Waals surface area (Å²) in [6, 6.07) is 4.23. The first-order chi connectivity index (χ1) is 7.25. The predicted octanol–water partition coefficient (Wildman–Crippen LogP) is 1.66. The van der Waals surface area contributed by atoms with Crippen molar-refractivity contribution in [1.29, 1.82) is 0 Å². The van der Waals surface area contributed by atoms with Crippen molar-refractivity contribution in [1.82, 2.24) is 10.6 Å². The zero-order chi connectivity index (χ0) is 11.1. The summed E-state index contributed by atoms with van der Waals surface area (Å²) in [5, 5.41) is 6.07. The van der Waals surface area contributed by atoms with Gasteiger partial charge in [0.1, 0.15) is 0 Å². The van der Waals surface area contributed by atoms with Crippen LogP contribution >= 0.6 is 0 Å². The quantitative estimate of drug-likeness (QED) is 0.704. The van der Waals surface area contributed by atoms with Crippen LogP contribution in [-0.4, -0.2) is 20.1 Å².